The zero-order chi connectivity index (χ0) is 9.84. The zero-order valence-electron chi connectivity index (χ0n) is 8.29. The van der Waals surface area contributed by atoms with Crippen molar-refractivity contribution in [3.8, 4) is 0 Å². The second-order valence-electron chi connectivity index (χ2n) is 3.74. The van der Waals surface area contributed by atoms with Crippen LogP contribution in [-0.4, -0.2) is 41.3 Å². The van der Waals surface area contributed by atoms with Gasteiger partial charge in [0.25, 0.3) is 0 Å². The molecule has 1 amide bonds. The van der Waals surface area contributed by atoms with Gasteiger partial charge >= 0.3 is 6.09 Å². The minimum atomic E-state index is -0.797. The molecule has 4 heteroatoms. The van der Waals surface area contributed by atoms with Crippen molar-refractivity contribution in [2.45, 2.75) is 38.8 Å². The number of rotatable bonds is 2. The van der Waals surface area contributed by atoms with Crippen molar-refractivity contribution < 1.29 is 9.90 Å². The molecule has 2 unspecified atom stereocenters. The Morgan fingerprint density at radius 2 is 2.31 bits per heavy atom. The van der Waals surface area contributed by atoms with Crippen molar-refractivity contribution in [2.24, 2.45) is 0 Å². The standard InChI is InChI=1S/C9H18N2O2/c1-3-4-8-6-11(9(12)13)5-7(2)10-8/h7-8,10H,3-6H2,1-2H3,(H,12,13). The number of nitrogens with one attached hydrogen (secondary N) is 1. The number of hydrogen-bond donors (Lipinski definition) is 2. The van der Waals surface area contributed by atoms with E-state index in [4.69, 9.17) is 5.11 Å². The highest BCUT2D eigenvalue weighted by Gasteiger charge is 2.25. The number of carbonyl (C=O) groups is 1. The molecule has 0 spiro atoms. The summed E-state index contributed by atoms with van der Waals surface area (Å²) in [7, 11) is 0. The lowest BCUT2D eigenvalue weighted by molar-refractivity contribution is 0.116. The molecule has 1 fully saturated rings. The van der Waals surface area contributed by atoms with Crippen LogP contribution < -0.4 is 5.32 Å². The summed E-state index contributed by atoms with van der Waals surface area (Å²) in [5, 5.41) is 12.2. The van der Waals surface area contributed by atoms with Gasteiger partial charge in [0.2, 0.25) is 0 Å². The van der Waals surface area contributed by atoms with Gasteiger partial charge < -0.3 is 15.3 Å². The molecule has 1 rings (SSSR count). The Balaban J connectivity index is 2.47. The summed E-state index contributed by atoms with van der Waals surface area (Å²) in [4.78, 5) is 12.2. The molecule has 4 nitrogen and oxygen atoms in total. The first-order valence-corrected chi connectivity index (χ1v) is 4.87. The summed E-state index contributed by atoms with van der Waals surface area (Å²) in [6.45, 7) is 5.38. The Kier molecular flexibility index (Phi) is 3.54. The van der Waals surface area contributed by atoms with Crippen LogP contribution in [0.4, 0.5) is 4.79 Å². The number of nitrogens with zero attached hydrogens (tertiary/aromatic N) is 1. The maximum Gasteiger partial charge on any atom is 0.407 e. The van der Waals surface area contributed by atoms with Crippen LogP contribution in [0, 0.1) is 0 Å². The van der Waals surface area contributed by atoms with Gasteiger partial charge in [-0.15, -0.1) is 0 Å². The lowest BCUT2D eigenvalue weighted by Gasteiger charge is -2.36. The zero-order valence-corrected chi connectivity index (χ0v) is 8.29. The summed E-state index contributed by atoms with van der Waals surface area (Å²) in [6, 6.07) is 0.617. The normalized spacial score (nSPS) is 28.9. The fourth-order valence-corrected chi connectivity index (χ4v) is 1.86. The van der Waals surface area contributed by atoms with Crippen molar-refractivity contribution in [3.05, 3.63) is 0 Å². The van der Waals surface area contributed by atoms with Crippen molar-refractivity contribution in [3.63, 3.8) is 0 Å². The average molecular weight is 186 g/mol. The van der Waals surface area contributed by atoms with Gasteiger partial charge in [0.05, 0.1) is 0 Å². The summed E-state index contributed by atoms with van der Waals surface area (Å²) >= 11 is 0. The van der Waals surface area contributed by atoms with E-state index in [-0.39, 0.29) is 6.04 Å². The topological polar surface area (TPSA) is 52.6 Å². The fraction of sp³-hybridized carbons (Fsp3) is 0.889. The van der Waals surface area contributed by atoms with E-state index >= 15 is 0 Å². The van der Waals surface area contributed by atoms with Crippen LogP contribution in [0.3, 0.4) is 0 Å². The van der Waals surface area contributed by atoms with E-state index in [1.165, 1.54) is 4.90 Å². The van der Waals surface area contributed by atoms with Crippen LogP contribution in [0.25, 0.3) is 0 Å². The van der Waals surface area contributed by atoms with E-state index in [1.807, 2.05) is 6.92 Å². The summed E-state index contributed by atoms with van der Waals surface area (Å²) < 4.78 is 0. The molecule has 1 saturated heterocycles. The number of carboxylic acid groups (broad SMARTS) is 1. The maximum atomic E-state index is 10.7. The van der Waals surface area contributed by atoms with Gasteiger partial charge in [-0.25, -0.2) is 4.79 Å². The molecule has 0 aromatic rings. The fourth-order valence-electron chi connectivity index (χ4n) is 1.86. The van der Waals surface area contributed by atoms with E-state index in [0.29, 0.717) is 19.1 Å². The van der Waals surface area contributed by atoms with E-state index in [0.717, 1.165) is 12.8 Å². The van der Waals surface area contributed by atoms with Crippen LogP contribution in [0.2, 0.25) is 0 Å². The number of hydrogen-bond acceptors (Lipinski definition) is 2. The highest BCUT2D eigenvalue weighted by Crippen LogP contribution is 2.08. The monoisotopic (exact) mass is 186 g/mol. The number of piperazine rings is 1. The molecule has 0 saturated carbocycles. The molecule has 1 aliphatic heterocycles. The molecule has 2 atom stereocenters. The SMILES string of the molecule is CCCC1CN(C(=O)O)CC(C)N1. The predicted octanol–water partition coefficient (Wildman–Crippen LogP) is 1.13. The van der Waals surface area contributed by atoms with Gasteiger partial charge in [-0.3, -0.25) is 0 Å². The molecule has 13 heavy (non-hydrogen) atoms. The van der Waals surface area contributed by atoms with Gasteiger partial charge in [0.15, 0.2) is 0 Å². The van der Waals surface area contributed by atoms with Crippen LogP contribution in [-0.2, 0) is 0 Å². The minimum absolute atomic E-state index is 0.279. The second kappa shape index (κ2) is 4.46. The third kappa shape index (κ3) is 2.88. The molecule has 0 bridgehead atoms. The van der Waals surface area contributed by atoms with Crippen LogP contribution in [0.15, 0.2) is 0 Å². The number of amides is 1. The van der Waals surface area contributed by atoms with E-state index in [9.17, 15) is 4.79 Å². The van der Waals surface area contributed by atoms with Gasteiger partial charge in [-0.2, -0.15) is 0 Å². The predicted molar refractivity (Wildman–Crippen MR) is 50.9 cm³/mol. The van der Waals surface area contributed by atoms with Gasteiger partial charge in [0, 0.05) is 25.2 Å². The molecule has 0 aromatic carbocycles. The molecule has 1 aliphatic rings. The van der Waals surface area contributed by atoms with Crippen LogP contribution in [0.5, 0.6) is 0 Å². The first-order valence-electron chi connectivity index (χ1n) is 4.87. The molecule has 76 valence electrons. The van der Waals surface area contributed by atoms with Crippen molar-refractivity contribution in [1.29, 1.82) is 0 Å². The van der Waals surface area contributed by atoms with Crippen molar-refractivity contribution in [1.82, 2.24) is 10.2 Å². The molecule has 2 N–H and O–H groups in total. The molecule has 0 aromatic heterocycles. The first kappa shape index (κ1) is 10.3. The van der Waals surface area contributed by atoms with Gasteiger partial charge in [0.1, 0.15) is 0 Å². The Morgan fingerprint density at radius 1 is 1.62 bits per heavy atom. The smallest absolute Gasteiger partial charge is 0.407 e. The van der Waals surface area contributed by atoms with Crippen molar-refractivity contribution >= 4 is 6.09 Å². The Bertz CT molecular complexity index is 184. The van der Waals surface area contributed by atoms with E-state index in [2.05, 4.69) is 12.2 Å². The first-order chi connectivity index (χ1) is 6.13. The largest absolute Gasteiger partial charge is 0.465 e. The molecule has 1 heterocycles. The van der Waals surface area contributed by atoms with Crippen LogP contribution >= 0.6 is 0 Å². The van der Waals surface area contributed by atoms with E-state index < -0.39 is 6.09 Å². The lowest BCUT2D eigenvalue weighted by atomic mass is 10.1. The van der Waals surface area contributed by atoms with Gasteiger partial charge in [-0.1, -0.05) is 13.3 Å². The minimum Gasteiger partial charge on any atom is -0.465 e. The third-order valence-corrected chi connectivity index (χ3v) is 2.36. The molecular weight excluding hydrogens is 168 g/mol. The Morgan fingerprint density at radius 3 is 2.85 bits per heavy atom. The molecule has 0 radical (unpaired) electrons. The quantitative estimate of drug-likeness (QED) is 0.679. The Hall–Kier alpha value is -0.770. The third-order valence-electron chi connectivity index (χ3n) is 2.36. The molecule has 0 aliphatic carbocycles. The average Bonchev–Trinajstić information content (AvgIpc) is 2.03. The van der Waals surface area contributed by atoms with E-state index in [1.54, 1.807) is 0 Å². The van der Waals surface area contributed by atoms with Crippen molar-refractivity contribution in [2.75, 3.05) is 13.1 Å². The molecular formula is C9H18N2O2. The summed E-state index contributed by atoms with van der Waals surface area (Å²) in [5.74, 6) is 0. The van der Waals surface area contributed by atoms with Crippen LogP contribution in [0.1, 0.15) is 26.7 Å². The summed E-state index contributed by atoms with van der Waals surface area (Å²) in [5.41, 5.74) is 0. The second-order valence-corrected chi connectivity index (χ2v) is 3.74. The summed E-state index contributed by atoms with van der Waals surface area (Å²) in [6.07, 6.45) is 1.35. The van der Waals surface area contributed by atoms with Gasteiger partial charge in [-0.05, 0) is 13.3 Å². The Labute approximate surface area is 78.9 Å². The highest BCUT2D eigenvalue weighted by atomic mass is 16.4. The lowest BCUT2D eigenvalue weighted by Crippen LogP contribution is -2.56. The maximum absolute atomic E-state index is 10.7. The highest BCUT2D eigenvalue weighted by molar-refractivity contribution is 5.65.